The summed E-state index contributed by atoms with van der Waals surface area (Å²) in [7, 11) is 2.09. The van der Waals surface area contributed by atoms with E-state index in [0.29, 0.717) is 25.0 Å². The highest BCUT2D eigenvalue weighted by atomic mass is 16.2. The molecule has 8 nitrogen and oxygen atoms in total. The Morgan fingerprint density at radius 3 is 2.38 bits per heavy atom. The Bertz CT molecular complexity index is 1430. The summed E-state index contributed by atoms with van der Waals surface area (Å²) < 4.78 is 1.86. The van der Waals surface area contributed by atoms with E-state index in [0.717, 1.165) is 47.8 Å². The van der Waals surface area contributed by atoms with E-state index in [1.165, 1.54) is 24.1 Å². The number of carbonyl (C=O) groups is 1. The van der Waals surface area contributed by atoms with Crippen molar-refractivity contribution < 1.29 is 4.79 Å². The molecular weight excluding hydrogens is 486 g/mol. The van der Waals surface area contributed by atoms with Crippen LogP contribution in [-0.4, -0.2) is 82.3 Å². The van der Waals surface area contributed by atoms with Gasteiger partial charge in [-0.05, 0) is 70.0 Å². The molecule has 1 amide bonds. The number of aromatic nitrogens is 3. The molecule has 2 fully saturated rings. The molecule has 8 heteroatoms. The van der Waals surface area contributed by atoms with E-state index in [-0.39, 0.29) is 17.8 Å². The summed E-state index contributed by atoms with van der Waals surface area (Å²) in [5, 5.41) is 4.84. The standard InChI is InChI=1S/C31H39N7O/c1-7-35-14-16-36(17-15-35)31(39)29-32-30(38(33-29)26-12-8-20(2)18-21(26)3)24-9-13-27-28(19-24)37(25-10-11-25)23(5)22(4)34(27)6/h8-9,12-13,18-19,23,25H,4,7,10-11,14-17H2,1-3,5-6H3. The monoisotopic (exact) mass is 525 g/mol. The molecule has 0 N–H and O–H groups in total. The van der Waals surface area contributed by atoms with Crippen LogP contribution in [0.5, 0.6) is 0 Å². The van der Waals surface area contributed by atoms with Crippen molar-refractivity contribution in [1.82, 2.24) is 24.6 Å². The van der Waals surface area contributed by atoms with Gasteiger partial charge in [0.25, 0.3) is 5.91 Å². The van der Waals surface area contributed by atoms with Crippen molar-refractivity contribution >= 4 is 17.3 Å². The van der Waals surface area contributed by atoms with Gasteiger partial charge in [-0.3, -0.25) is 4.79 Å². The Morgan fingerprint density at radius 1 is 1.00 bits per heavy atom. The third-order valence-corrected chi connectivity index (χ3v) is 8.63. The van der Waals surface area contributed by atoms with Crippen LogP contribution >= 0.6 is 0 Å². The van der Waals surface area contributed by atoms with Crippen molar-refractivity contribution in [3.8, 4) is 17.1 Å². The predicted molar refractivity (Wildman–Crippen MR) is 157 cm³/mol. The highest BCUT2D eigenvalue weighted by Gasteiger charge is 2.39. The number of piperazine rings is 1. The summed E-state index contributed by atoms with van der Waals surface area (Å²) in [5.74, 6) is 0.846. The molecule has 3 aliphatic rings. The van der Waals surface area contributed by atoms with Crippen LogP contribution in [0.15, 0.2) is 48.7 Å². The van der Waals surface area contributed by atoms with Gasteiger partial charge in [-0.15, -0.1) is 5.10 Å². The van der Waals surface area contributed by atoms with E-state index >= 15 is 0 Å². The molecule has 1 saturated carbocycles. The van der Waals surface area contributed by atoms with Crippen LogP contribution < -0.4 is 9.80 Å². The van der Waals surface area contributed by atoms with Crippen LogP contribution in [0.2, 0.25) is 0 Å². The second-order valence-electron chi connectivity index (χ2n) is 11.3. The van der Waals surface area contributed by atoms with Crippen molar-refractivity contribution in [3.05, 3.63) is 65.6 Å². The molecule has 2 aromatic carbocycles. The predicted octanol–water partition coefficient (Wildman–Crippen LogP) is 4.65. The molecule has 1 aliphatic carbocycles. The van der Waals surface area contributed by atoms with Crippen molar-refractivity contribution in [3.63, 3.8) is 0 Å². The van der Waals surface area contributed by atoms with Crippen molar-refractivity contribution in [2.24, 2.45) is 0 Å². The number of hydrogen-bond donors (Lipinski definition) is 0. The average molecular weight is 526 g/mol. The summed E-state index contributed by atoms with van der Waals surface area (Å²) in [6.45, 7) is 17.1. The van der Waals surface area contributed by atoms with Gasteiger partial charge in [-0.1, -0.05) is 31.2 Å². The van der Waals surface area contributed by atoms with Crippen LogP contribution in [0.1, 0.15) is 48.4 Å². The van der Waals surface area contributed by atoms with E-state index in [2.05, 4.69) is 92.4 Å². The fourth-order valence-electron chi connectivity index (χ4n) is 6.03. The maximum Gasteiger partial charge on any atom is 0.293 e. The fraction of sp³-hybridized carbons (Fsp3) is 0.452. The summed E-state index contributed by atoms with van der Waals surface area (Å²) in [6.07, 6.45) is 2.40. The van der Waals surface area contributed by atoms with Gasteiger partial charge >= 0.3 is 0 Å². The quantitative estimate of drug-likeness (QED) is 0.483. The lowest BCUT2D eigenvalue weighted by molar-refractivity contribution is 0.0631. The fourth-order valence-corrected chi connectivity index (χ4v) is 6.03. The molecule has 0 bridgehead atoms. The Balaban J connectivity index is 1.45. The third kappa shape index (κ3) is 4.50. The lowest BCUT2D eigenvalue weighted by atomic mass is 10.0. The number of hydrogen-bond acceptors (Lipinski definition) is 6. The summed E-state index contributed by atoms with van der Waals surface area (Å²) in [4.78, 5) is 27.5. The van der Waals surface area contributed by atoms with E-state index in [9.17, 15) is 4.79 Å². The third-order valence-electron chi connectivity index (χ3n) is 8.63. The first-order valence-corrected chi connectivity index (χ1v) is 14.2. The molecule has 0 radical (unpaired) electrons. The number of carbonyl (C=O) groups excluding carboxylic acids is 1. The van der Waals surface area contributed by atoms with Gasteiger partial charge in [0, 0.05) is 50.5 Å². The molecule has 0 spiro atoms. The molecular formula is C31H39N7O. The molecule has 1 atom stereocenters. The van der Waals surface area contributed by atoms with E-state index in [1.807, 2.05) is 9.58 Å². The Hall–Kier alpha value is -3.65. The number of aryl methyl sites for hydroxylation is 2. The number of anilines is 2. The van der Waals surface area contributed by atoms with Crippen LogP contribution in [0.4, 0.5) is 11.4 Å². The first-order valence-electron chi connectivity index (χ1n) is 14.2. The highest BCUT2D eigenvalue weighted by molar-refractivity contribution is 5.91. The van der Waals surface area contributed by atoms with Crippen LogP contribution in [0, 0.1) is 13.8 Å². The van der Waals surface area contributed by atoms with Crippen molar-refractivity contribution in [2.75, 3.05) is 49.6 Å². The lowest BCUT2D eigenvalue weighted by Crippen LogP contribution is -2.48. The second kappa shape index (κ2) is 9.83. The largest absolute Gasteiger partial charge is 0.359 e. The normalized spacial score (nSPS) is 20.0. The Morgan fingerprint density at radius 2 is 1.72 bits per heavy atom. The first-order chi connectivity index (χ1) is 18.8. The molecule has 1 aromatic heterocycles. The molecule has 39 heavy (non-hydrogen) atoms. The minimum Gasteiger partial charge on any atom is -0.359 e. The second-order valence-corrected chi connectivity index (χ2v) is 11.3. The number of nitrogens with zero attached hydrogens (tertiary/aromatic N) is 7. The zero-order valence-corrected chi connectivity index (χ0v) is 23.8. The van der Waals surface area contributed by atoms with Gasteiger partial charge in [0.2, 0.25) is 5.82 Å². The molecule has 2 aliphatic heterocycles. The maximum absolute atomic E-state index is 13.6. The van der Waals surface area contributed by atoms with E-state index in [4.69, 9.17) is 10.1 Å². The van der Waals surface area contributed by atoms with Crippen LogP contribution in [-0.2, 0) is 0 Å². The first kappa shape index (κ1) is 25.6. The summed E-state index contributed by atoms with van der Waals surface area (Å²) in [6, 6.07) is 13.6. The zero-order chi connectivity index (χ0) is 27.4. The highest BCUT2D eigenvalue weighted by Crippen LogP contribution is 2.46. The lowest BCUT2D eigenvalue weighted by Gasteiger charge is -2.44. The topological polar surface area (TPSA) is 60.7 Å². The minimum absolute atomic E-state index is 0.0993. The Labute approximate surface area is 231 Å². The van der Waals surface area contributed by atoms with Gasteiger partial charge in [0.15, 0.2) is 5.82 Å². The molecule has 204 valence electrons. The summed E-state index contributed by atoms with van der Waals surface area (Å²) >= 11 is 0. The van der Waals surface area contributed by atoms with Gasteiger partial charge < -0.3 is 19.6 Å². The number of rotatable bonds is 5. The van der Waals surface area contributed by atoms with E-state index in [1.54, 1.807) is 0 Å². The van der Waals surface area contributed by atoms with Gasteiger partial charge in [-0.2, -0.15) is 0 Å². The smallest absolute Gasteiger partial charge is 0.293 e. The number of benzene rings is 2. The van der Waals surface area contributed by atoms with Crippen LogP contribution in [0.3, 0.4) is 0 Å². The van der Waals surface area contributed by atoms with Gasteiger partial charge in [0.05, 0.1) is 23.1 Å². The zero-order valence-electron chi connectivity index (χ0n) is 23.8. The maximum atomic E-state index is 13.6. The Kier molecular flexibility index (Phi) is 6.46. The molecule has 3 aromatic rings. The van der Waals surface area contributed by atoms with Crippen molar-refractivity contribution in [2.45, 2.75) is 52.6 Å². The van der Waals surface area contributed by atoms with E-state index < -0.39 is 0 Å². The van der Waals surface area contributed by atoms with Crippen molar-refractivity contribution in [1.29, 1.82) is 0 Å². The molecule has 3 heterocycles. The number of amides is 1. The number of likely N-dealkylation sites (N-methyl/N-ethyl adjacent to an activating group) is 2. The number of fused-ring (bicyclic) bond motifs is 1. The average Bonchev–Trinajstić information content (AvgIpc) is 3.68. The molecule has 1 unspecified atom stereocenters. The molecule has 6 rings (SSSR count). The minimum atomic E-state index is -0.0993. The molecule has 1 saturated heterocycles. The SMILES string of the molecule is C=C1C(C)N(C2CC2)c2cc(-c3nc(C(=O)N4CCN(CC)CC4)nn3-c3ccc(C)cc3C)ccc2N1C. The summed E-state index contributed by atoms with van der Waals surface area (Å²) in [5.41, 5.74) is 7.63. The van der Waals surface area contributed by atoms with Crippen LogP contribution in [0.25, 0.3) is 17.1 Å². The van der Waals surface area contributed by atoms with Gasteiger partial charge in [-0.25, -0.2) is 9.67 Å². The van der Waals surface area contributed by atoms with Gasteiger partial charge in [0.1, 0.15) is 0 Å².